The summed E-state index contributed by atoms with van der Waals surface area (Å²) in [6.07, 6.45) is 0.711. The standard InChI is InChI=1S/C10H10FNS/c1-2-6-8(11)4-3-7-9(12)5-13-10(6)7/h3-5H,2,12H2,1H3. The Kier molecular flexibility index (Phi) is 1.96. The summed E-state index contributed by atoms with van der Waals surface area (Å²) >= 11 is 1.51. The molecule has 2 aromatic rings. The Labute approximate surface area is 80.0 Å². The average molecular weight is 195 g/mol. The Morgan fingerprint density at radius 2 is 2.23 bits per heavy atom. The second-order valence-electron chi connectivity index (χ2n) is 2.95. The lowest BCUT2D eigenvalue weighted by molar-refractivity contribution is 0.615. The smallest absolute Gasteiger partial charge is 0.127 e. The molecule has 2 N–H and O–H groups in total. The molecule has 2 rings (SSSR count). The number of hydrogen-bond acceptors (Lipinski definition) is 2. The third kappa shape index (κ3) is 1.20. The molecule has 1 aromatic carbocycles. The van der Waals surface area contributed by atoms with Crippen molar-refractivity contribution in [3.8, 4) is 0 Å². The van der Waals surface area contributed by atoms with Crippen molar-refractivity contribution in [2.24, 2.45) is 0 Å². The minimum atomic E-state index is -0.128. The molecule has 0 aliphatic rings. The average Bonchev–Trinajstić information content (AvgIpc) is 2.48. The van der Waals surface area contributed by atoms with Gasteiger partial charge in [-0.1, -0.05) is 6.92 Å². The van der Waals surface area contributed by atoms with Crippen molar-refractivity contribution in [2.45, 2.75) is 13.3 Å². The molecule has 0 fully saturated rings. The van der Waals surface area contributed by atoms with Gasteiger partial charge < -0.3 is 5.73 Å². The van der Waals surface area contributed by atoms with E-state index in [2.05, 4.69) is 0 Å². The molecular formula is C10H10FNS. The highest BCUT2D eigenvalue weighted by Gasteiger charge is 2.08. The van der Waals surface area contributed by atoms with Gasteiger partial charge in [-0.05, 0) is 18.6 Å². The highest BCUT2D eigenvalue weighted by atomic mass is 32.1. The molecule has 0 saturated heterocycles. The number of aryl methyl sites for hydroxylation is 1. The van der Waals surface area contributed by atoms with Crippen LogP contribution in [0.5, 0.6) is 0 Å². The van der Waals surface area contributed by atoms with Gasteiger partial charge in [-0.3, -0.25) is 0 Å². The summed E-state index contributed by atoms with van der Waals surface area (Å²) in [5.74, 6) is -0.128. The highest BCUT2D eigenvalue weighted by molar-refractivity contribution is 7.18. The molecule has 0 radical (unpaired) electrons. The topological polar surface area (TPSA) is 26.0 Å². The summed E-state index contributed by atoms with van der Waals surface area (Å²) in [6, 6.07) is 3.24. The monoisotopic (exact) mass is 195 g/mol. The Hall–Kier alpha value is -1.09. The molecule has 0 aliphatic heterocycles. The summed E-state index contributed by atoms with van der Waals surface area (Å²) in [7, 11) is 0. The summed E-state index contributed by atoms with van der Waals surface area (Å²) in [5.41, 5.74) is 7.26. The Morgan fingerprint density at radius 1 is 1.46 bits per heavy atom. The Bertz CT molecular complexity index is 447. The van der Waals surface area contributed by atoms with Crippen LogP contribution in [0.4, 0.5) is 10.1 Å². The molecule has 0 atom stereocenters. The van der Waals surface area contributed by atoms with E-state index in [0.717, 1.165) is 21.3 Å². The summed E-state index contributed by atoms with van der Waals surface area (Å²) < 4.78 is 14.3. The molecule has 0 bridgehead atoms. The van der Waals surface area contributed by atoms with Crippen LogP contribution in [0.25, 0.3) is 10.1 Å². The minimum Gasteiger partial charge on any atom is -0.398 e. The largest absolute Gasteiger partial charge is 0.398 e. The number of fused-ring (bicyclic) bond motifs is 1. The second-order valence-corrected chi connectivity index (χ2v) is 3.83. The lowest BCUT2D eigenvalue weighted by atomic mass is 10.1. The van der Waals surface area contributed by atoms with Gasteiger partial charge in [-0.15, -0.1) is 11.3 Å². The fourth-order valence-electron chi connectivity index (χ4n) is 1.48. The van der Waals surface area contributed by atoms with Gasteiger partial charge in [0.1, 0.15) is 5.82 Å². The van der Waals surface area contributed by atoms with Crippen LogP contribution in [-0.2, 0) is 6.42 Å². The lowest BCUT2D eigenvalue weighted by Crippen LogP contribution is -1.88. The van der Waals surface area contributed by atoms with Gasteiger partial charge in [0.05, 0.1) is 5.69 Å². The number of hydrogen-bond donors (Lipinski definition) is 1. The van der Waals surface area contributed by atoms with E-state index in [-0.39, 0.29) is 5.82 Å². The van der Waals surface area contributed by atoms with Gasteiger partial charge in [0.2, 0.25) is 0 Å². The molecule has 0 saturated carbocycles. The Morgan fingerprint density at radius 3 is 2.92 bits per heavy atom. The van der Waals surface area contributed by atoms with E-state index in [9.17, 15) is 4.39 Å². The van der Waals surface area contributed by atoms with E-state index >= 15 is 0 Å². The van der Waals surface area contributed by atoms with E-state index in [1.54, 1.807) is 6.07 Å². The van der Waals surface area contributed by atoms with Crippen LogP contribution in [-0.4, -0.2) is 0 Å². The fourth-order valence-corrected chi connectivity index (χ4v) is 2.55. The molecule has 13 heavy (non-hydrogen) atoms. The molecule has 1 aromatic heterocycles. The van der Waals surface area contributed by atoms with E-state index in [4.69, 9.17) is 5.73 Å². The van der Waals surface area contributed by atoms with E-state index < -0.39 is 0 Å². The zero-order valence-electron chi connectivity index (χ0n) is 7.30. The number of benzene rings is 1. The summed E-state index contributed by atoms with van der Waals surface area (Å²) in [6.45, 7) is 1.95. The van der Waals surface area contributed by atoms with Crippen molar-refractivity contribution in [1.29, 1.82) is 0 Å². The van der Waals surface area contributed by atoms with E-state index in [1.165, 1.54) is 17.4 Å². The second kappa shape index (κ2) is 3.00. The molecule has 1 heterocycles. The van der Waals surface area contributed by atoms with Crippen LogP contribution in [0, 0.1) is 5.82 Å². The molecule has 1 nitrogen and oxygen atoms in total. The predicted molar refractivity (Wildman–Crippen MR) is 55.6 cm³/mol. The third-order valence-electron chi connectivity index (χ3n) is 2.17. The number of halogens is 1. The quantitative estimate of drug-likeness (QED) is 0.743. The number of anilines is 1. The number of thiophene rings is 1. The molecule has 0 amide bonds. The van der Waals surface area contributed by atoms with Crippen LogP contribution >= 0.6 is 11.3 Å². The summed E-state index contributed by atoms with van der Waals surface area (Å²) in [4.78, 5) is 0. The zero-order valence-corrected chi connectivity index (χ0v) is 8.12. The molecule has 3 heteroatoms. The normalized spacial score (nSPS) is 10.9. The van der Waals surface area contributed by atoms with Gasteiger partial charge in [0, 0.05) is 21.0 Å². The Balaban J connectivity index is 2.85. The lowest BCUT2D eigenvalue weighted by Gasteiger charge is -2.00. The van der Waals surface area contributed by atoms with Crippen LogP contribution < -0.4 is 5.73 Å². The van der Waals surface area contributed by atoms with Crippen molar-refractivity contribution in [3.63, 3.8) is 0 Å². The molecule has 0 unspecified atom stereocenters. The first kappa shape index (κ1) is 8.51. The van der Waals surface area contributed by atoms with Gasteiger partial charge in [0.25, 0.3) is 0 Å². The molecule has 0 aliphatic carbocycles. The van der Waals surface area contributed by atoms with Crippen LogP contribution in [0.1, 0.15) is 12.5 Å². The first-order valence-corrected chi connectivity index (χ1v) is 5.06. The van der Waals surface area contributed by atoms with Crippen molar-refractivity contribution in [1.82, 2.24) is 0 Å². The maximum absolute atomic E-state index is 13.3. The first-order valence-electron chi connectivity index (χ1n) is 4.18. The van der Waals surface area contributed by atoms with Crippen molar-refractivity contribution < 1.29 is 4.39 Å². The van der Waals surface area contributed by atoms with E-state index in [0.29, 0.717) is 6.42 Å². The SMILES string of the molecule is CCc1c(F)ccc2c(N)csc12. The first-order chi connectivity index (χ1) is 6.24. The molecule has 68 valence electrons. The zero-order chi connectivity index (χ0) is 9.42. The third-order valence-corrected chi connectivity index (χ3v) is 3.25. The maximum Gasteiger partial charge on any atom is 0.127 e. The maximum atomic E-state index is 13.3. The van der Waals surface area contributed by atoms with Crippen molar-refractivity contribution in [2.75, 3.05) is 5.73 Å². The molecular weight excluding hydrogens is 185 g/mol. The fraction of sp³-hybridized carbons (Fsp3) is 0.200. The molecule has 0 spiro atoms. The van der Waals surface area contributed by atoms with E-state index in [1.807, 2.05) is 12.3 Å². The van der Waals surface area contributed by atoms with Crippen LogP contribution in [0.3, 0.4) is 0 Å². The van der Waals surface area contributed by atoms with Gasteiger partial charge in [0.15, 0.2) is 0 Å². The van der Waals surface area contributed by atoms with Gasteiger partial charge in [-0.25, -0.2) is 4.39 Å². The number of rotatable bonds is 1. The van der Waals surface area contributed by atoms with Crippen LogP contribution in [0.15, 0.2) is 17.5 Å². The summed E-state index contributed by atoms with van der Waals surface area (Å²) in [5, 5.41) is 2.84. The van der Waals surface area contributed by atoms with Gasteiger partial charge in [-0.2, -0.15) is 0 Å². The van der Waals surface area contributed by atoms with Crippen molar-refractivity contribution >= 4 is 27.1 Å². The minimum absolute atomic E-state index is 0.128. The van der Waals surface area contributed by atoms with Crippen LogP contribution in [0.2, 0.25) is 0 Å². The van der Waals surface area contributed by atoms with Crippen molar-refractivity contribution in [3.05, 3.63) is 28.9 Å². The predicted octanol–water partition coefficient (Wildman–Crippen LogP) is 3.19. The highest BCUT2D eigenvalue weighted by Crippen LogP contribution is 2.32. The number of nitrogen functional groups attached to an aromatic ring is 1. The number of nitrogens with two attached hydrogens (primary N) is 1. The van der Waals surface area contributed by atoms with Gasteiger partial charge >= 0.3 is 0 Å².